The van der Waals surface area contributed by atoms with Gasteiger partial charge in [0.15, 0.2) is 5.79 Å². The Morgan fingerprint density at radius 2 is 1.70 bits per heavy atom. The lowest BCUT2D eigenvalue weighted by Gasteiger charge is -2.42. The van der Waals surface area contributed by atoms with Crippen molar-refractivity contribution >= 4 is 5.91 Å². The molecule has 2 N–H and O–H groups in total. The van der Waals surface area contributed by atoms with Crippen LogP contribution in [0.1, 0.15) is 48.5 Å². The van der Waals surface area contributed by atoms with E-state index >= 15 is 0 Å². The molecule has 0 atom stereocenters. The minimum absolute atomic E-state index is 0.0355. The quantitative estimate of drug-likeness (QED) is 0.901. The highest BCUT2D eigenvalue weighted by Gasteiger charge is 2.45. The zero-order chi connectivity index (χ0) is 14.2. The maximum Gasteiger partial charge on any atom is 0.248 e. The van der Waals surface area contributed by atoms with Crippen LogP contribution in [0.5, 0.6) is 0 Å². The van der Waals surface area contributed by atoms with Gasteiger partial charge in [0.05, 0.1) is 13.2 Å². The van der Waals surface area contributed by atoms with E-state index in [2.05, 4.69) is 6.92 Å². The predicted octanol–water partition coefficient (Wildman–Crippen LogP) is 2.36. The fraction of sp³-hybridized carbons (Fsp3) is 0.562. The van der Waals surface area contributed by atoms with Gasteiger partial charge in [-0.3, -0.25) is 4.79 Å². The second-order valence-corrected chi connectivity index (χ2v) is 6.08. The molecule has 0 unspecified atom stereocenters. The second kappa shape index (κ2) is 4.86. The van der Waals surface area contributed by atoms with Crippen LogP contribution in [0.15, 0.2) is 24.3 Å². The minimum Gasteiger partial charge on any atom is -0.366 e. The Kier molecular flexibility index (Phi) is 3.30. The first kappa shape index (κ1) is 13.6. The van der Waals surface area contributed by atoms with E-state index in [0.717, 1.165) is 31.2 Å². The van der Waals surface area contributed by atoms with Crippen molar-refractivity contribution in [1.29, 1.82) is 0 Å². The van der Waals surface area contributed by atoms with Crippen molar-refractivity contribution < 1.29 is 14.3 Å². The molecular formula is C16H21NO3. The summed E-state index contributed by atoms with van der Waals surface area (Å²) in [5, 5.41) is 0. The number of nitrogens with two attached hydrogens (primary N) is 1. The summed E-state index contributed by atoms with van der Waals surface area (Å²) in [6, 6.07) is 7.67. The van der Waals surface area contributed by atoms with Gasteiger partial charge in [0.1, 0.15) is 0 Å². The van der Waals surface area contributed by atoms with Crippen LogP contribution >= 0.6 is 0 Å². The monoisotopic (exact) mass is 275 g/mol. The van der Waals surface area contributed by atoms with Crippen LogP contribution in [0.4, 0.5) is 0 Å². The Morgan fingerprint density at radius 3 is 2.30 bits per heavy atom. The Hall–Kier alpha value is -1.39. The van der Waals surface area contributed by atoms with Crippen molar-refractivity contribution in [1.82, 2.24) is 0 Å². The molecular weight excluding hydrogens is 254 g/mol. The Labute approximate surface area is 119 Å². The average molecular weight is 275 g/mol. The van der Waals surface area contributed by atoms with Crippen LogP contribution in [0.3, 0.4) is 0 Å². The first-order valence-corrected chi connectivity index (χ1v) is 7.22. The summed E-state index contributed by atoms with van der Waals surface area (Å²) >= 11 is 0. The molecule has 1 aromatic rings. The molecule has 4 heteroatoms. The van der Waals surface area contributed by atoms with E-state index in [9.17, 15) is 4.79 Å². The number of hydrogen-bond acceptors (Lipinski definition) is 3. The summed E-state index contributed by atoms with van der Waals surface area (Å²) < 4.78 is 11.5. The molecule has 1 aromatic carbocycles. The molecule has 0 bridgehead atoms. The highest BCUT2D eigenvalue weighted by molar-refractivity contribution is 5.94. The lowest BCUT2D eigenvalue weighted by molar-refractivity contribution is -0.184. The number of primary amides is 1. The van der Waals surface area contributed by atoms with E-state index in [1.54, 1.807) is 0 Å². The number of carbonyl (C=O) groups is 1. The third-order valence-electron chi connectivity index (χ3n) is 4.77. The predicted molar refractivity (Wildman–Crippen MR) is 75.4 cm³/mol. The lowest BCUT2D eigenvalue weighted by Crippen LogP contribution is -2.41. The second-order valence-electron chi connectivity index (χ2n) is 6.08. The average Bonchev–Trinajstić information content (AvgIpc) is 2.91. The van der Waals surface area contributed by atoms with Gasteiger partial charge in [0, 0.05) is 18.4 Å². The van der Waals surface area contributed by atoms with Crippen molar-refractivity contribution in [2.75, 3.05) is 13.2 Å². The van der Waals surface area contributed by atoms with Gasteiger partial charge in [0.25, 0.3) is 0 Å². The third kappa shape index (κ3) is 2.23. The molecule has 20 heavy (non-hydrogen) atoms. The molecule has 2 fully saturated rings. The number of hydrogen-bond donors (Lipinski definition) is 1. The summed E-state index contributed by atoms with van der Waals surface area (Å²) in [4.78, 5) is 11.6. The van der Waals surface area contributed by atoms with Crippen molar-refractivity contribution in [2.24, 2.45) is 5.73 Å². The largest absolute Gasteiger partial charge is 0.366 e. The molecule has 3 rings (SSSR count). The number of amides is 1. The van der Waals surface area contributed by atoms with Gasteiger partial charge >= 0.3 is 0 Å². The zero-order valence-electron chi connectivity index (χ0n) is 11.9. The first-order valence-electron chi connectivity index (χ1n) is 7.22. The normalized spacial score (nSPS) is 23.9. The first-order chi connectivity index (χ1) is 9.55. The van der Waals surface area contributed by atoms with Crippen LogP contribution < -0.4 is 5.73 Å². The van der Waals surface area contributed by atoms with Crippen LogP contribution in [0.25, 0.3) is 0 Å². The van der Waals surface area contributed by atoms with Gasteiger partial charge in [-0.25, -0.2) is 0 Å². The smallest absolute Gasteiger partial charge is 0.248 e. The van der Waals surface area contributed by atoms with E-state index < -0.39 is 0 Å². The number of benzene rings is 1. The topological polar surface area (TPSA) is 61.6 Å². The van der Waals surface area contributed by atoms with E-state index in [4.69, 9.17) is 15.2 Å². The number of ether oxygens (including phenoxy) is 2. The van der Waals surface area contributed by atoms with Gasteiger partial charge in [-0.05, 0) is 29.9 Å². The molecule has 1 amide bonds. The molecule has 1 saturated heterocycles. The molecule has 1 aliphatic carbocycles. The molecule has 0 aromatic heterocycles. The van der Waals surface area contributed by atoms with Crippen molar-refractivity contribution in [2.45, 2.75) is 43.8 Å². The number of carbonyl (C=O) groups excluding carboxylic acids is 1. The number of rotatable bonds is 2. The summed E-state index contributed by atoms with van der Waals surface area (Å²) in [6.07, 6.45) is 3.63. The molecule has 4 nitrogen and oxygen atoms in total. The van der Waals surface area contributed by atoms with Crippen LogP contribution in [0, 0.1) is 0 Å². The van der Waals surface area contributed by atoms with Crippen LogP contribution in [-0.2, 0) is 14.9 Å². The SMILES string of the molecule is CC1(c2ccccc2C(N)=O)CCC2(CC1)OCCO2. The third-order valence-corrected chi connectivity index (χ3v) is 4.77. The highest BCUT2D eigenvalue weighted by Crippen LogP contribution is 2.46. The molecule has 0 radical (unpaired) electrons. The summed E-state index contributed by atoms with van der Waals surface area (Å²) in [5.41, 5.74) is 7.17. The molecule has 1 spiro atoms. The molecule has 2 aliphatic rings. The Bertz CT molecular complexity index is 510. The molecule has 108 valence electrons. The van der Waals surface area contributed by atoms with Gasteiger partial charge < -0.3 is 15.2 Å². The summed E-state index contributed by atoms with van der Waals surface area (Å²) in [6.45, 7) is 3.58. The van der Waals surface area contributed by atoms with E-state index in [1.165, 1.54) is 0 Å². The zero-order valence-corrected chi connectivity index (χ0v) is 11.9. The molecule has 1 heterocycles. The van der Waals surface area contributed by atoms with Gasteiger partial charge in [-0.2, -0.15) is 0 Å². The Morgan fingerprint density at radius 1 is 1.10 bits per heavy atom. The van der Waals surface area contributed by atoms with E-state index in [-0.39, 0.29) is 17.1 Å². The van der Waals surface area contributed by atoms with E-state index in [1.807, 2.05) is 24.3 Å². The fourth-order valence-electron chi connectivity index (χ4n) is 3.46. The van der Waals surface area contributed by atoms with Crippen LogP contribution in [-0.4, -0.2) is 24.9 Å². The Balaban J connectivity index is 1.86. The maximum atomic E-state index is 11.6. The maximum absolute atomic E-state index is 11.6. The minimum atomic E-state index is -0.374. The summed E-state index contributed by atoms with van der Waals surface area (Å²) in [7, 11) is 0. The standard InChI is InChI=1S/C16H21NO3/c1-15(13-5-3-2-4-12(13)14(17)18)6-8-16(9-7-15)19-10-11-20-16/h2-5H,6-11H2,1H3,(H2,17,18). The van der Waals surface area contributed by atoms with Gasteiger partial charge in [-0.15, -0.1) is 0 Å². The fourth-order valence-corrected chi connectivity index (χ4v) is 3.46. The van der Waals surface area contributed by atoms with E-state index in [0.29, 0.717) is 18.8 Å². The lowest BCUT2D eigenvalue weighted by atomic mass is 9.68. The molecule has 1 aliphatic heterocycles. The van der Waals surface area contributed by atoms with Gasteiger partial charge in [-0.1, -0.05) is 25.1 Å². The molecule has 1 saturated carbocycles. The highest BCUT2D eigenvalue weighted by atomic mass is 16.7. The van der Waals surface area contributed by atoms with Crippen LogP contribution in [0.2, 0.25) is 0 Å². The van der Waals surface area contributed by atoms with Crippen molar-refractivity contribution in [3.05, 3.63) is 35.4 Å². The summed E-state index contributed by atoms with van der Waals surface area (Å²) in [5.74, 6) is -0.725. The van der Waals surface area contributed by atoms with Gasteiger partial charge in [0.2, 0.25) is 5.91 Å². The van der Waals surface area contributed by atoms with Crippen molar-refractivity contribution in [3.8, 4) is 0 Å². The van der Waals surface area contributed by atoms with Crippen molar-refractivity contribution in [3.63, 3.8) is 0 Å².